The smallest absolute Gasteiger partial charge is 0.223 e. The summed E-state index contributed by atoms with van der Waals surface area (Å²) in [4.78, 5) is 15.2. The first-order valence-corrected chi connectivity index (χ1v) is 7.22. The molecule has 1 atom stereocenters. The number of carbonyl (C=O) groups excluding carboxylic acids is 1. The van der Waals surface area contributed by atoms with Gasteiger partial charge < -0.3 is 4.90 Å². The second kappa shape index (κ2) is 6.02. The van der Waals surface area contributed by atoms with Gasteiger partial charge in [0.25, 0.3) is 0 Å². The van der Waals surface area contributed by atoms with E-state index < -0.39 is 0 Å². The van der Waals surface area contributed by atoms with Crippen LogP contribution in [0.3, 0.4) is 0 Å². The Kier molecular flexibility index (Phi) is 4.37. The summed E-state index contributed by atoms with van der Waals surface area (Å²) < 4.78 is 1.76. The maximum Gasteiger partial charge on any atom is 0.223 e. The SMILES string of the molecule is CC(c1cccs1)N(C)C(=O)CCc1cnn(C)c1. The van der Waals surface area contributed by atoms with E-state index in [-0.39, 0.29) is 11.9 Å². The number of thiophene rings is 1. The molecule has 1 amide bonds. The number of rotatable bonds is 5. The third-order valence-corrected chi connectivity index (χ3v) is 4.36. The van der Waals surface area contributed by atoms with Gasteiger partial charge in [0.1, 0.15) is 0 Å². The topological polar surface area (TPSA) is 38.1 Å². The zero-order valence-electron chi connectivity index (χ0n) is 11.5. The van der Waals surface area contributed by atoms with Crippen LogP contribution >= 0.6 is 11.3 Å². The van der Waals surface area contributed by atoms with E-state index in [1.54, 1.807) is 16.0 Å². The third-order valence-electron chi connectivity index (χ3n) is 3.32. The Morgan fingerprint density at radius 3 is 2.95 bits per heavy atom. The minimum atomic E-state index is 0.140. The fourth-order valence-corrected chi connectivity index (χ4v) is 2.79. The van der Waals surface area contributed by atoms with Crippen LogP contribution in [-0.2, 0) is 18.3 Å². The summed E-state index contributed by atoms with van der Waals surface area (Å²) >= 11 is 1.69. The van der Waals surface area contributed by atoms with Gasteiger partial charge in [0.05, 0.1) is 12.2 Å². The fourth-order valence-electron chi connectivity index (χ4n) is 1.96. The molecule has 102 valence electrons. The van der Waals surface area contributed by atoms with E-state index in [9.17, 15) is 4.79 Å². The second-order valence-electron chi connectivity index (χ2n) is 4.72. The lowest BCUT2D eigenvalue weighted by molar-refractivity contribution is -0.131. The zero-order valence-corrected chi connectivity index (χ0v) is 12.4. The second-order valence-corrected chi connectivity index (χ2v) is 5.70. The number of nitrogens with zero attached hydrogens (tertiary/aromatic N) is 3. The largest absolute Gasteiger partial charge is 0.338 e. The number of hydrogen-bond acceptors (Lipinski definition) is 3. The van der Waals surface area contributed by atoms with Gasteiger partial charge in [0.15, 0.2) is 0 Å². The van der Waals surface area contributed by atoms with Crippen LogP contribution in [0.1, 0.15) is 29.8 Å². The molecule has 0 aliphatic heterocycles. The van der Waals surface area contributed by atoms with Gasteiger partial charge in [-0.3, -0.25) is 9.48 Å². The molecule has 19 heavy (non-hydrogen) atoms. The molecule has 4 nitrogen and oxygen atoms in total. The van der Waals surface area contributed by atoms with E-state index >= 15 is 0 Å². The molecule has 0 saturated carbocycles. The molecule has 2 rings (SSSR count). The number of amides is 1. The van der Waals surface area contributed by atoms with E-state index in [0.29, 0.717) is 6.42 Å². The van der Waals surface area contributed by atoms with Crippen molar-refractivity contribution in [3.63, 3.8) is 0 Å². The van der Waals surface area contributed by atoms with E-state index in [1.165, 1.54) is 4.88 Å². The standard InChI is InChI=1S/C14H19N3OS/c1-11(13-5-4-8-19-13)17(3)14(18)7-6-12-9-15-16(2)10-12/h4-5,8-11H,6-7H2,1-3H3. The molecule has 0 N–H and O–H groups in total. The van der Waals surface area contributed by atoms with Crippen molar-refractivity contribution in [2.24, 2.45) is 7.05 Å². The summed E-state index contributed by atoms with van der Waals surface area (Å²) in [5, 5.41) is 6.15. The van der Waals surface area contributed by atoms with Crippen LogP contribution < -0.4 is 0 Å². The van der Waals surface area contributed by atoms with Gasteiger partial charge in [-0.2, -0.15) is 5.10 Å². The van der Waals surface area contributed by atoms with E-state index in [4.69, 9.17) is 0 Å². The molecule has 0 spiro atoms. The van der Waals surface area contributed by atoms with Crippen molar-refractivity contribution in [3.05, 3.63) is 40.3 Å². The highest BCUT2D eigenvalue weighted by Gasteiger charge is 2.17. The summed E-state index contributed by atoms with van der Waals surface area (Å²) in [6.45, 7) is 2.06. The number of aryl methyl sites for hydroxylation is 2. The molecule has 0 aromatic carbocycles. The average molecular weight is 277 g/mol. The van der Waals surface area contributed by atoms with Crippen molar-refractivity contribution in [2.75, 3.05) is 7.05 Å². The highest BCUT2D eigenvalue weighted by Crippen LogP contribution is 2.23. The van der Waals surface area contributed by atoms with Crippen molar-refractivity contribution in [2.45, 2.75) is 25.8 Å². The number of hydrogen-bond donors (Lipinski definition) is 0. The molecule has 0 saturated heterocycles. The minimum absolute atomic E-state index is 0.140. The first-order valence-electron chi connectivity index (χ1n) is 6.34. The number of carbonyl (C=O) groups is 1. The summed E-state index contributed by atoms with van der Waals surface area (Å²) in [6, 6.07) is 4.23. The lowest BCUT2D eigenvalue weighted by Gasteiger charge is -2.24. The Morgan fingerprint density at radius 2 is 2.37 bits per heavy atom. The quantitative estimate of drug-likeness (QED) is 0.842. The van der Waals surface area contributed by atoms with E-state index in [0.717, 1.165) is 12.0 Å². The van der Waals surface area contributed by atoms with E-state index in [1.807, 2.05) is 42.8 Å². The number of aromatic nitrogens is 2. The van der Waals surface area contributed by atoms with Gasteiger partial charge >= 0.3 is 0 Å². The first kappa shape index (κ1) is 13.8. The molecule has 0 fully saturated rings. The summed E-state index contributed by atoms with van der Waals surface area (Å²) in [7, 11) is 3.76. The van der Waals surface area contributed by atoms with Gasteiger partial charge in [-0.15, -0.1) is 11.3 Å². The highest BCUT2D eigenvalue weighted by atomic mass is 32.1. The molecular formula is C14H19N3OS. The summed E-state index contributed by atoms with van der Waals surface area (Å²) in [5.74, 6) is 0.171. The molecule has 1 unspecified atom stereocenters. The van der Waals surface area contributed by atoms with Gasteiger partial charge in [-0.25, -0.2) is 0 Å². The Bertz CT molecular complexity index is 533. The highest BCUT2D eigenvalue weighted by molar-refractivity contribution is 7.10. The fraction of sp³-hybridized carbons (Fsp3) is 0.429. The summed E-state index contributed by atoms with van der Waals surface area (Å²) in [6.07, 6.45) is 5.04. The predicted octanol–water partition coefficient (Wildman–Crippen LogP) is 2.63. The van der Waals surface area contributed by atoms with Gasteiger partial charge in [0, 0.05) is 31.6 Å². The maximum absolute atomic E-state index is 12.2. The monoisotopic (exact) mass is 277 g/mol. The molecule has 2 aromatic heterocycles. The van der Waals surface area contributed by atoms with Crippen LogP contribution in [0, 0.1) is 0 Å². The maximum atomic E-state index is 12.2. The van der Waals surface area contributed by atoms with Crippen molar-refractivity contribution in [1.82, 2.24) is 14.7 Å². The normalized spacial score (nSPS) is 12.4. The lowest BCUT2D eigenvalue weighted by Crippen LogP contribution is -2.29. The molecule has 0 aliphatic carbocycles. The summed E-state index contributed by atoms with van der Waals surface area (Å²) in [5.41, 5.74) is 1.10. The van der Waals surface area contributed by atoms with Crippen LogP contribution in [0.25, 0.3) is 0 Å². The zero-order chi connectivity index (χ0) is 13.8. The molecule has 2 aromatic rings. The molecule has 5 heteroatoms. The predicted molar refractivity (Wildman–Crippen MR) is 77.0 cm³/mol. The Morgan fingerprint density at radius 1 is 1.58 bits per heavy atom. The first-order chi connectivity index (χ1) is 9.08. The molecule has 0 bridgehead atoms. The van der Waals surface area contributed by atoms with Crippen LogP contribution in [0.4, 0.5) is 0 Å². The van der Waals surface area contributed by atoms with Crippen LogP contribution in [0.5, 0.6) is 0 Å². The Labute approximate surface area is 117 Å². The van der Waals surface area contributed by atoms with Crippen LogP contribution in [0.15, 0.2) is 29.9 Å². The minimum Gasteiger partial charge on any atom is -0.338 e. The van der Waals surface area contributed by atoms with Gasteiger partial charge in [-0.1, -0.05) is 6.07 Å². The Balaban J connectivity index is 1.89. The molecule has 0 aliphatic rings. The van der Waals surface area contributed by atoms with Crippen LogP contribution in [-0.4, -0.2) is 27.6 Å². The van der Waals surface area contributed by atoms with E-state index in [2.05, 4.69) is 18.1 Å². The molecule has 2 heterocycles. The van der Waals surface area contributed by atoms with Crippen molar-refractivity contribution in [3.8, 4) is 0 Å². The van der Waals surface area contributed by atoms with Crippen molar-refractivity contribution < 1.29 is 4.79 Å². The molecule has 0 radical (unpaired) electrons. The van der Waals surface area contributed by atoms with Gasteiger partial charge in [-0.05, 0) is 30.4 Å². The third kappa shape index (κ3) is 3.44. The lowest BCUT2D eigenvalue weighted by atomic mass is 10.1. The Hall–Kier alpha value is -1.62. The van der Waals surface area contributed by atoms with Crippen molar-refractivity contribution >= 4 is 17.2 Å². The van der Waals surface area contributed by atoms with Gasteiger partial charge in [0.2, 0.25) is 5.91 Å². The molecular weight excluding hydrogens is 258 g/mol. The average Bonchev–Trinajstić information content (AvgIpc) is 3.05. The van der Waals surface area contributed by atoms with Crippen molar-refractivity contribution in [1.29, 1.82) is 0 Å². The van der Waals surface area contributed by atoms with Crippen LogP contribution in [0.2, 0.25) is 0 Å².